The minimum atomic E-state index is -0.366. The van der Waals surface area contributed by atoms with E-state index in [1.54, 1.807) is 19.2 Å². The minimum Gasteiger partial charge on any atom is -0.493 e. The van der Waals surface area contributed by atoms with Crippen molar-refractivity contribution in [1.82, 2.24) is 10.6 Å². The van der Waals surface area contributed by atoms with Crippen LogP contribution in [0.4, 0.5) is 4.39 Å². The highest BCUT2D eigenvalue weighted by atomic mass is 19.1. The molecule has 0 heterocycles. The summed E-state index contributed by atoms with van der Waals surface area (Å²) < 4.78 is 23.0. The molecule has 0 aliphatic carbocycles. The average Bonchev–Trinajstić information content (AvgIpc) is 2.50. The number of benzene rings is 1. The molecule has 0 atom stereocenters. The molecule has 2 N–H and O–H groups in total. The normalized spacial score (nSPS) is 10.1. The Morgan fingerprint density at radius 1 is 1.18 bits per heavy atom. The molecule has 2 amide bonds. The van der Waals surface area contributed by atoms with Crippen molar-refractivity contribution in [2.24, 2.45) is 0 Å². The molecule has 1 aromatic carbocycles. The number of methoxy groups -OCH3 is 1. The molecule has 0 saturated carbocycles. The third-order valence-corrected chi connectivity index (χ3v) is 2.69. The predicted molar refractivity (Wildman–Crippen MR) is 79.0 cm³/mol. The monoisotopic (exact) mass is 312 g/mol. The van der Waals surface area contributed by atoms with Crippen LogP contribution in [0.1, 0.15) is 12.8 Å². The zero-order valence-corrected chi connectivity index (χ0v) is 12.6. The minimum absolute atomic E-state index is 0.0622. The molecule has 0 aromatic heterocycles. The SMILES string of the molecule is COCCNC(=O)CNC(=O)CCCOc1cccc(F)c1. The van der Waals surface area contributed by atoms with Crippen LogP contribution in [0.25, 0.3) is 0 Å². The smallest absolute Gasteiger partial charge is 0.239 e. The Morgan fingerprint density at radius 2 is 2.00 bits per heavy atom. The summed E-state index contributed by atoms with van der Waals surface area (Å²) in [5, 5.41) is 5.10. The van der Waals surface area contributed by atoms with Crippen LogP contribution in [-0.4, -0.2) is 45.2 Å². The van der Waals surface area contributed by atoms with Crippen molar-refractivity contribution < 1.29 is 23.5 Å². The van der Waals surface area contributed by atoms with E-state index in [2.05, 4.69) is 10.6 Å². The van der Waals surface area contributed by atoms with Crippen molar-refractivity contribution in [3.63, 3.8) is 0 Å². The molecule has 0 fully saturated rings. The van der Waals surface area contributed by atoms with E-state index in [0.717, 1.165) is 0 Å². The molecule has 1 rings (SSSR count). The second kappa shape index (κ2) is 10.6. The second-order valence-corrected chi connectivity index (χ2v) is 4.53. The first kappa shape index (κ1) is 17.9. The second-order valence-electron chi connectivity index (χ2n) is 4.53. The van der Waals surface area contributed by atoms with Gasteiger partial charge < -0.3 is 20.1 Å². The lowest BCUT2D eigenvalue weighted by molar-refractivity contribution is -0.126. The van der Waals surface area contributed by atoms with Gasteiger partial charge in [-0.2, -0.15) is 0 Å². The first-order valence-corrected chi connectivity index (χ1v) is 7.02. The van der Waals surface area contributed by atoms with Gasteiger partial charge in [0.2, 0.25) is 11.8 Å². The summed E-state index contributed by atoms with van der Waals surface area (Å²) in [6.45, 7) is 1.08. The first-order valence-electron chi connectivity index (χ1n) is 7.02. The number of rotatable bonds is 10. The quantitative estimate of drug-likeness (QED) is 0.628. The van der Waals surface area contributed by atoms with Crippen molar-refractivity contribution in [3.8, 4) is 5.75 Å². The van der Waals surface area contributed by atoms with E-state index < -0.39 is 0 Å². The van der Waals surface area contributed by atoms with Crippen molar-refractivity contribution in [2.75, 3.05) is 33.4 Å². The number of hydrogen-bond donors (Lipinski definition) is 2. The number of ether oxygens (including phenoxy) is 2. The van der Waals surface area contributed by atoms with E-state index in [1.807, 2.05) is 0 Å². The molecule has 0 radical (unpaired) electrons. The summed E-state index contributed by atoms with van der Waals surface area (Å²) in [5.74, 6) is -0.432. The number of nitrogens with one attached hydrogen (secondary N) is 2. The van der Waals surface area contributed by atoms with Crippen LogP contribution < -0.4 is 15.4 Å². The van der Waals surface area contributed by atoms with E-state index in [-0.39, 0.29) is 30.6 Å². The number of carbonyl (C=O) groups is 2. The molecule has 0 saturated heterocycles. The summed E-state index contributed by atoms with van der Waals surface area (Å²) in [6, 6.07) is 5.81. The predicted octanol–water partition coefficient (Wildman–Crippen LogP) is 0.864. The lowest BCUT2D eigenvalue weighted by Crippen LogP contribution is -2.38. The van der Waals surface area contributed by atoms with Gasteiger partial charge in [-0.3, -0.25) is 9.59 Å². The van der Waals surface area contributed by atoms with Gasteiger partial charge in [-0.05, 0) is 18.6 Å². The average molecular weight is 312 g/mol. The molecule has 6 nitrogen and oxygen atoms in total. The lowest BCUT2D eigenvalue weighted by Gasteiger charge is -2.07. The van der Waals surface area contributed by atoms with Crippen LogP contribution in [0.2, 0.25) is 0 Å². The fourth-order valence-corrected chi connectivity index (χ4v) is 1.60. The van der Waals surface area contributed by atoms with Gasteiger partial charge in [0.15, 0.2) is 0 Å². The first-order chi connectivity index (χ1) is 10.6. The summed E-state index contributed by atoms with van der Waals surface area (Å²) in [5.41, 5.74) is 0. The molecule has 7 heteroatoms. The molecule has 0 unspecified atom stereocenters. The van der Waals surface area contributed by atoms with Crippen molar-refractivity contribution in [1.29, 1.82) is 0 Å². The highest BCUT2D eigenvalue weighted by Crippen LogP contribution is 2.12. The molecule has 0 bridgehead atoms. The van der Waals surface area contributed by atoms with E-state index in [9.17, 15) is 14.0 Å². The Kier molecular flexibility index (Phi) is 8.59. The zero-order valence-electron chi connectivity index (χ0n) is 12.6. The van der Waals surface area contributed by atoms with Crippen LogP contribution in [0.5, 0.6) is 5.75 Å². The Labute approximate surface area is 129 Å². The Bertz CT molecular complexity index is 482. The highest BCUT2D eigenvalue weighted by Gasteiger charge is 2.05. The molecule has 0 aliphatic rings. The van der Waals surface area contributed by atoms with E-state index in [0.29, 0.717) is 31.9 Å². The summed E-state index contributed by atoms with van der Waals surface area (Å²) >= 11 is 0. The number of amides is 2. The fourth-order valence-electron chi connectivity index (χ4n) is 1.60. The summed E-state index contributed by atoms with van der Waals surface area (Å²) in [7, 11) is 1.54. The molecule has 0 spiro atoms. The van der Waals surface area contributed by atoms with Crippen molar-refractivity contribution in [2.45, 2.75) is 12.8 Å². The van der Waals surface area contributed by atoms with Gasteiger partial charge in [0, 0.05) is 26.1 Å². The third kappa shape index (κ3) is 8.21. The maximum Gasteiger partial charge on any atom is 0.239 e. The maximum atomic E-state index is 12.9. The zero-order chi connectivity index (χ0) is 16.2. The van der Waals surface area contributed by atoms with Crippen LogP contribution in [0.3, 0.4) is 0 Å². The van der Waals surface area contributed by atoms with Gasteiger partial charge in [0.05, 0.1) is 19.8 Å². The van der Waals surface area contributed by atoms with Crippen LogP contribution in [0.15, 0.2) is 24.3 Å². The van der Waals surface area contributed by atoms with E-state index in [1.165, 1.54) is 12.1 Å². The van der Waals surface area contributed by atoms with Gasteiger partial charge >= 0.3 is 0 Å². The van der Waals surface area contributed by atoms with Crippen LogP contribution in [-0.2, 0) is 14.3 Å². The van der Waals surface area contributed by atoms with Gasteiger partial charge in [-0.1, -0.05) is 6.07 Å². The Morgan fingerprint density at radius 3 is 2.73 bits per heavy atom. The Hall–Kier alpha value is -2.15. The molecule has 1 aromatic rings. The maximum absolute atomic E-state index is 12.9. The molecule has 0 aliphatic heterocycles. The molecule has 122 valence electrons. The molecule has 22 heavy (non-hydrogen) atoms. The van der Waals surface area contributed by atoms with Crippen LogP contribution >= 0.6 is 0 Å². The van der Waals surface area contributed by atoms with Gasteiger partial charge in [-0.25, -0.2) is 4.39 Å². The van der Waals surface area contributed by atoms with E-state index in [4.69, 9.17) is 9.47 Å². The van der Waals surface area contributed by atoms with Gasteiger partial charge in [0.1, 0.15) is 11.6 Å². The van der Waals surface area contributed by atoms with Gasteiger partial charge in [-0.15, -0.1) is 0 Å². The third-order valence-electron chi connectivity index (χ3n) is 2.69. The topological polar surface area (TPSA) is 76.7 Å². The standard InChI is InChI=1S/C15H21FN2O4/c1-21-9-7-17-15(20)11-18-14(19)6-3-8-22-13-5-2-4-12(16)10-13/h2,4-5,10H,3,6-9,11H2,1H3,(H,17,20)(H,18,19). The van der Waals surface area contributed by atoms with Crippen molar-refractivity contribution in [3.05, 3.63) is 30.1 Å². The Balaban J connectivity index is 2.07. The fraction of sp³-hybridized carbons (Fsp3) is 0.467. The summed E-state index contributed by atoms with van der Waals surface area (Å²) in [6.07, 6.45) is 0.717. The lowest BCUT2D eigenvalue weighted by atomic mass is 10.3. The summed E-state index contributed by atoms with van der Waals surface area (Å²) in [4.78, 5) is 22.8. The number of hydrogen-bond acceptors (Lipinski definition) is 4. The van der Waals surface area contributed by atoms with Crippen LogP contribution in [0, 0.1) is 5.82 Å². The van der Waals surface area contributed by atoms with Crippen molar-refractivity contribution >= 4 is 11.8 Å². The largest absolute Gasteiger partial charge is 0.493 e. The number of carbonyl (C=O) groups excluding carboxylic acids is 2. The number of halogens is 1. The van der Waals surface area contributed by atoms with E-state index >= 15 is 0 Å². The highest BCUT2D eigenvalue weighted by molar-refractivity contribution is 5.84. The molecular weight excluding hydrogens is 291 g/mol. The van der Waals surface area contributed by atoms with Gasteiger partial charge in [0.25, 0.3) is 0 Å². The molecular formula is C15H21FN2O4.